The van der Waals surface area contributed by atoms with Gasteiger partial charge in [0.15, 0.2) is 0 Å². The standard InChI is InChI=1S/C19H23N/c1-14(15-7-4-3-5-8-15)19(20-2)18-12-11-16-9-6-10-17(16)13-18/h3-5,7-8,11-14,19-20H,6,9-10H2,1-2H3. The average Bonchev–Trinajstić information content (AvgIpc) is 2.96. The Hall–Kier alpha value is -1.60. The third kappa shape index (κ3) is 2.51. The molecule has 2 atom stereocenters. The van der Waals surface area contributed by atoms with Crippen LogP contribution >= 0.6 is 0 Å². The van der Waals surface area contributed by atoms with Gasteiger partial charge in [-0.05, 0) is 48.6 Å². The summed E-state index contributed by atoms with van der Waals surface area (Å²) in [6.07, 6.45) is 3.82. The fourth-order valence-electron chi connectivity index (χ4n) is 3.44. The van der Waals surface area contributed by atoms with E-state index in [4.69, 9.17) is 0 Å². The van der Waals surface area contributed by atoms with Gasteiger partial charge < -0.3 is 5.32 Å². The van der Waals surface area contributed by atoms with Gasteiger partial charge in [0.05, 0.1) is 0 Å². The number of rotatable bonds is 4. The molecule has 1 nitrogen and oxygen atoms in total. The van der Waals surface area contributed by atoms with Crippen molar-refractivity contribution in [3.63, 3.8) is 0 Å². The van der Waals surface area contributed by atoms with Gasteiger partial charge in [-0.1, -0.05) is 55.5 Å². The smallest absolute Gasteiger partial charge is 0.0384 e. The summed E-state index contributed by atoms with van der Waals surface area (Å²) in [6, 6.07) is 18.2. The second-order valence-electron chi connectivity index (χ2n) is 5.85. The van der Waals surface area contributed by atoms with Crippen LogP contribution in [0.15, 0.2) is 48.5 Å². The van der Waals surface area contributed by atoms with E-state index in [0.717, 1.165) is 0 Å². The van der Waals surface area contributed by atoms with Crippen molar-refractivity contribution in [3.05, 3.63) is 70.8 Å². The van der Waals surface area contributed by atoms with E-state index < -0.39 is 0 Å². The highest BCUT2D eigenvalue weighted by Gasteiger charge is 2.21. The Morgan fingerprint density at radius 3 is 2.40 bits per heavy atom. The molecule has 0 fully saturated rings. The summed E-state index contributed by atoms with van der Waals surface area (Å²) in [4.78, 5) is 0. The SMILES string of the molecule is CNC(c1ccc2c(c1)CCC2)C(C)c1ccccc1. The van der Waals surface area contributed by atoms with Crippen molar-refractivity contribution in [2.45, 2.75) is 38.1 Å². The molecular weight excluding hydrogens is 242 g/mol. The van der Waals surface area contributed by atoms with E-state index in [1.807, 2.05) is 0 Å². The lowest BCUT2D eigenvalue weighted by Crippen LogP contribution is -2.22. The zero-order chi connectivity index (χ0) is 13.9. The first-order valence-electron chi connectivity index (χ1n) is 7.63. The van der Waals surface area contributed by atoms with E-state index in [9.17, 15) is 0 Å². The summed E-state index contributed by atoms with van der Waals surface area (Å²) in [6.45, 7) is 2.31. The van der Waals surface area contributed by atoms with Crippen molar-refractivity contribution < 1.29 is 0 Å². The van der Waals surface area contributed by atoms with Gasteiger partial charge >= 0.3 is 0 Å². The Bertz CT molecular complexity index is 574. The first-order valence-corrected chi connectivity index (χ1v) is 7.63. The van der Waals surface area contributed by atoms with Gasteiger partial charge in [-0.25, -0.2) is 0 Å². The minimum atomic E-state index is 0.378. The summed E-state index contributed by atoms with van der Waals surface area (Å²) >= 11 is 0. The van der Waals surface area contributed by atoms with E-state index in [1.165, 1.54) is 30.4 Å². The van der Waals surface area contributed by atoms with Crippen molar-refractivity contribution in [1.82, 2.24) is 5.32 Å². The fraction of sp³-hybridized carbons (Fsp3) is 0.368. The van der Waals surface area contributed by atoms with Gasteiger partial charge in [0.25, 0.3) is 0 Å². The van der Waals surface area contributed by atoms with Gasteiger partial charge in [0, 0.05) is 12.0 Å². The van der Waals surface area contributed by atoms with Crippen LogP contribution in [0.4, 0.5) is 0 Å². The molecule has 1 aliphatic rings. The van der Waals surface area contributed by atoms with Crippen LogP contribution in [0.3, 0.4) is 0 Å². The molecule has 1 N–H and O–H groups in total. The van der Waals surface area contributed by atoms with E-state index in [1.54, 1.807) is 11.1 Å². The van der Waals surface area contributed by atoms with Crippen LogP contribution in [0.1, 0.15) is 47.6 Å². The molecule has 104 valence electrons. The summed E-state index contributed by atoms with van der Waals surface area (Å²) in [7, 11) is 2.07. The van der Waals surface area contributed by atoms with Gasteiger partial charge in [0.1, 0.15) is 0 Å². The largest absolute Gasteiger partial charge is 0.312 e. The molecule has 0 heterocycles. The Morgan fingerprint density at radius 1 is 0.900 bits per heavy atom. The Morgan fingerprint density at radius 2 is 1.65 bits per heavy atom. The fourth-order valence-corrected chi connectivity index (χ4v) is 3.44. The highest BCUT2D eigenvalue weighted by Crippen LogP contribution is 2.33. The predicted molar refractivity (Wildman–Crippen MR) is 85.1 cm³/mol. The number of aryl methyl sites for hydroxylation is 2. The average molecular weight is 265 g/mol. The first-order chi connectivity index (χ1) is 9.79. The molecule has 2 aromatic rings. The summed E-state index contributed by atoms with van der Waals surface area (Å²) in [5.74, 6) is 0.473. The Labute approximate surface area is 122 Å². The minimum Gasteiger partial charge on any atom is -0.312 e. The van der Waals surface area contributed by atoms with Crippen molar-refractivity contribution in [2.75, 3.05) is 7.05 Å². The highest BCUT2D eigenvalue weighted by molar-refractivity contribution is 5.38. The van der Waals surface area contributed by atoms with Gasteiger partial charge in [-0.15, -0.1) is 0 Å². The van der Waals surface area contributed by atoms with Crippen molar-refractivity contribution >= 4 is 0 Å². The van der Waals surface area contributed by atoms with E-state index in [2.05, 4.69) is 67.8 Å². The molecule has 0 aliphatic heterocycles. The predicted octanol–water partition coefficient (Wildman–Crippen LogP) is 4.24. The van der Waals surface area contributed by atoms with Crippen LogP contribution in [-0.2, 0) is 12.8 Å². The van der Waals surface area contributed by atoms with Crippen LogP contribution in [0.2, 0.25) is 0 Å². The zero-order valence-corrected chi connectivity index (χ0v) is 12.4. The molecular formula is C19H23N. The topological polar surface area (TPSA) is 12.0 Å². The van der Waals surface area contributed by atoms with Gasteiger partial charge in [0.2, 0.25) is 0 Å². The molecule has 20 heavy (non-hydrogen) atoms. The molecule has 0 aromatic heterocycles. The number of benzene rings is 2. The van der Waals surface area contributed by atoms with Gasteiger partial charge in [-0.2, -0.15) is 0 Å². The molecule has 0 bridgehead atoms. The monoisotopic (exact) mass is 265 g/mol. The molecule has 3 rings (SSSR count). The number of likely N-dealkylation sites (N-methyl/N-ethyl adjacent to an activating group) is 1. The second kappa shape index (κ2) is 5.80. The second-order valence-corrected chi connectivity index (χ2v) is 5.85. The van der Waals surface area contributed by atoms with Crippen molar-refractivity contribution in [1.29, 1.82) is 0 Å². The van der Waals surface area contributed by atoms with Crippen LogP contribution < -0.4 is 5.32 Å². The maximum absolute atomic E-state index is 3.51. The Balaban J connectivity index is 1.90. The number of nitrogens with one attached hydrogen (secondary N) is 1. The lowest BCUT2D eigenvalue weighted by atomic mass is 9.87. The molecule has 0 spiro atoms. The molecule has 0 amide bonds. The van der Waals surface area contributed by atoms with Crippen molar-refractivity contribution in [3.8, 4) is 0 Å². The van der Waals surface area contributed by atoms with E-state index in [0.29, 0.717) is 12.0 Å². The summed E-state index contributed by atoms with van der Waals surface area (Å²) in [5, 5.41) is 3.51. The quantitative estimate of drug-likeness (QED) is 0.872. The number of hydrogen-bond acceptors (Lipinski definition) is 1. The maximum atomic E-state index is 3.51. The molecule has 2 unspecified atom stereocenters. The summed E-state index contributed by atoms with van der Waals surface area (Å²) in [5.41, 5.74) is 5.93. The third-order valence-electron chi connectivity index (χ3n) is 4.62. The molecule has 0 saturated heterocycles. The van der Waals surface area contributed by atoms with E-state index in [-0.39, 0.29) is 0 Å². The zero-order valence-electron chi connectivity index (χ0n) is 12.4. The third-order valence-corrected chi connectivity index (χ3v) is 4.62. The summed E-state index contributed by atoms with van der Waals surface area (Å²) < 4.78 is 0. The highest BCUT2D eigenvalue weighted by atomic mass is 14.9. The lowest BCUT2D eigenvalue weighted by molar-refractivity contribution is 0.507. The molecule has 1 heteroatoms. The van der Waals surface area contributed by atoms with E-state index >= 15 is 0 Å². The molecule has 2 aromatic carbocycles. The Kier molecular flexibility index (Phi) is 3.88. The van der Waals surface area contributed by atoms with Crippen LogP contribution in [0.25, 0.3) is 0 Å². The van der Waals surface area contributed by atoms with Crippen LogP contribution in [0.5, 0.6) is 0 Å². The normalized spacial score (nSPS) is 16.7. The molecule has 1 aliphatic carbocycles. The number of fused-ring (bicyclic) bond motifs is 1. The number of hydrogen-bond donors (Lipinski definition) is 1. The first kappa shape index (κ1) is 13.4. The van der Waals surface area contributed by atoms with Gasteiger partial charge in [-0.3, -0.25) is 0 Å². The minimum absolute atomic E-state index is 0.378. The molecule has 0 saturated carbocycles. The van der Waals surface area contributed by atoms with Crippen LogP contribution in [0, 0.1) is 0 Å². The van der Waals surface area contributed by atoms with Crippen molar-refractivity contribution in [2.24, 2.45) is 0 Å². The molecule has 0 radical (unpaired) electrons. The van der Waals surface area contributed by atoms with Crippen LogP contribution in [-0.4, -0.2) is 7.05 Å². The lowest BCUT2D eigenvalue weighted by Gasteiger charge is -2.25. The maximum Gasteiger partial charge on any atom is 0.0384 e.